The van der Waals surface area contributed by atoms with Crippen molar-refractivity contribution >= 4 is 32.7 Å². The monoisotopic (exact) mass is 453 g/mol. The normalized spacial score (nSPS) is 11.6. The fourth-order valence-corrected chi connectivity index (χ4v) is 4.18. The van der Waals surface area contributed by atoms with E-state index in [1.807, 2.05) is 0 Å². The molecule has 0 aliphatic carbocycles. The predicted molar refractivity (Wildman–Crippen MR) is 119 cm³/mol. The maximum Gasteiger partial charge on any atom is 0.338 e. The first-order chi connectivity index (χ1) is 15.2. The average molecular weight is 453 g/mol. The molecule has 0 amide bonds. The van der Waals surface area contributed by atoms with Gasteiger partial charge in [0.25, 0.3) is 10.0 Å². The van der Waals surface area contributed by atoms with Crippen LogP contribution >= 0.6 is 0 Å². The summed E-state index contributed by atoms with van der Waals surface area (Å²) >= 11 is 0. The molecule has 1 heterocycles. The number of anilines is 1. The fourth-order valence-electron chi connectivity index (χ4n) is 3.10. The van der Waals surface area contributed by atoms with Gasteiger partial charge < -0.3 is 9.72 Å². The van der Waals surface area contributed by atoms with Gasteiger partial charge in [-0.25, -0.2) is 22.6 Å². The lowest BCUT2D eigenvalue weighted by Gasteiger charge is -2.10. The van der Waals surface area contributed by atoms with E-state index in [1.165, 1.54) is 48.5 Å². The first kappa shape index (κ1) is 21.5. The zero-order valence-electron chi connectivity index (χ0n) is 17.3. The van der Waals surface area contributed by atoms with Gasteiger partial charge in [-0.05, 0) is 68.4 Å². The number of benzene rings is 3. The van der Waals surface area contributed by atoms with E-state index >= 15 is 0 Å². The van der Waals surface area contributed by atoms with Crippen molar-refractivity contribution in [3.8, 4) is 11.4 Å². The zero-order valence-corrected chi connectivity index (χ0v) is 18.1. The summed E-state index contributed by atoms with van der Waals surface area (Å²) in [5.74, 6) is -0.432. The topological polar surface area (TPSA) is 101 Å². The van der Waals surface area contributed by atoms with Gasteiger partial charge in [0, 0.05) is 11.3 Å². The molecule has 1 aromatic heterocycles. The highest BCUT2D eigenvalue weighted by atomic mass is 32.2. The van der Waals surface area contributed by atoms with Crippen LogP contribution in [-0.2, 0) is 14.8 Å². The Morgan fingerprint density at radius 1 is 1.06 bits per heavy atom. The van der Waals surface area contributed by atoms with Crippen molar-refractivity contribution in [1.29, 1.82) is 0 Å². The van der Waals surface area contributed by atoms with Crippen molar-refractivity contribution in [2.24, 2.45) is 0 Å². The fraction of sp³-hybridized carbons (Fsp3) is 0.130. The summed E-state index contributed by atoms with van der Waals surface area (Å²) in [5.41, 5.74) is 2.23. The molecule has 2 N–H and O–H groups in total. The molecule has 3 aromatic carbocycles. The van der Waals surface area contributed by atoms with Gasteiger partial charge in [-0.3, -0.25) is 4.72 Å². The van der Waals surface area contributed by atoms with Crippen LogP contribution in [0, 0.1) is 5.82 Å². The number of hydrogen-bond acceptors (Lipinski definition) is 5. The molecule has 0 unspecified atom stereocenters. The third-order valence-electron chi connectivity index (χ3n) is 4.58. The Balaban J connectivity index is 1.57. The van der Waals surface area contributed by atoms with Crippen molar-refractivity contribution in [1.82, 2.24) is 9.97 Å². The Morgan fingerprint density at radius 2 is 1.81 bits per heavy atom. The van der Waals surface area contributed by atoms with E-state index in [1.54, 1.807) is 32.0 Å². The molecule has 164 valence electrons. The second-order valence-electron chi connectivity index (χ2n) is 7.41. The summed E-state index contributed by atoms with van der Waals surface area (Å²) in [6.07, 6.45) is -0.250. The van der Waals surface area contributed by atoms with Crippen molar-refractivity contribution in [3.05, 3.63) is 78.1 Å². The van der Waals surface area contributed by atoms with Gasteiger partial charge in [-0.15, -0.1) is 0 Å². The second-order valence-corrected chi connectivity index (χ2v) is 9.09. The van der Waals surface area contributed by atoms with Crippen LogP contribution in [0.1, 0.15) is 24.2 Å². The van der Waals surface area contributed by atoms with Crippen LogP contribution in [0.4, 0.5) is 10.1 Å². The van der Waals surface area contributed by atoms with E-state index in [0.29, 0.717) is 33.7 Å². The molecule has 4 aromatic rings. The van der Waals surface area contributed by atoms with E-state index in [9.17, 15) is 17.6 Å². The molecule has 0 radical (unpaired) electrons. The molecular weight excluding hydrogens is 433 g/mol. The van der Waals surface area contributed by atoms with Crippen LogP contribution < -0.4 is 4.72 Å². The lowest BCUT2D eigenvalue weighted by Crippen LogP contribution is -2.14. The number of nitrogens with one attached hydrogen (secondary N) is 2. The Hall–Kier alpha value is -3.72. The van der Waals surface area contributed by atoms with E-state index in [2.05, 4.69) is 14.7 Å². The van der Waals surface area contributed by atoms with Crippen LogP contribution in [0.25, 0.3) is 22.4 Å². The van der Waals surface area contributed by atoms with Gasteiger partial charge in [-0.2, -0.15) is 0 Å². The van der Waals surface area contributed by atoms with Crippen LogP contribution in [0.5, 0.6) is 0 Å². The van der Waals surface area contributed by atoms with Crippen LogP contribution in [-0.4, -0.2) is 30.5 Å². The van der Waals surface area contributed by atoms with E-state index in [-0.39, 0.29) is 16.8 Å². The predicted octanol–water partition coefficient (Wildman–Crippen LogP) is 4.74. The quantitative estimate of drug-likeness (QED) is 0.411. The highest BCUT2D eigenvalue weighted by Crippen LogP contribution is 2.24. The summed E-state index contributed by atoms with van der Waals surface area (Å²) in [6, 6.07) is 16.4. The largest absolute Gasteiger partial charge is 0.459 e. The number of hydrogen-bond donors (Lipinski definition) is 2. The Labute approximate surface area is 184 Å². The van der Waals surface area contributed by atoms with E-state index in [0.717, 1.165) is 0 Å². The smallest absolute Gasteiger partial charge is 0.338 e. The van der Waals surface area contributed by atoms with Crippen molar-refractivity contribution in [2.45, 2.75) is 24.8 Å². The van der Waals surface area contributed by atoms with Crippen molar-refractivity contribution < 1.29 is 22.3 Å². The Kier molecular flexibility index (Phi) is 5.67. The highest BCUT2D eigenvalue weighted by Gasteiger charge is 2.17. The summed E-state index contributed by atoms with van der Waals surface area (Å²) < 4.78 is 46.8. The molecule has 0 bridgehead atoms. The first-order valence-electron chi connectivity index (χ1n) is 9.81. The van der Waals surface area contributed by atoms with Gasteiger partial charge in [0.15, 0.2) is 0 Å². The van der Waals surface area contributed by atoms with Gasteiger partial charge in [-0.1, -0.05) is 12.1 Å². The third kappa shape index (κ3) is 4.62. The Bertz CT molecular complexity index is 1400. The number of rotatable bonds is 6. The number of H-pyrrole nitrogens is 1. The number of sulfonamides is 1. The molecule has 0 atom stereocenters. The number of aromatic amines is 1. The van der Waals surface area contributed by atoms with Gasteiger partial charge in [0.1, 0.15) is 11.6 Å². The lowest BCUT2D eigenvalue weighted by molar-refractivity contribution is 0.0378. The molecule has 32 heavy (non-hydrogen) atoms. The molecule has 4 rings (SSSR count). The summed E-state index contributed by atoms with van der Waals surface area (Å²) in [4.78, 5) is 19.4. The highest BCUT2D eigenvalue weighted by molar-refractivity contribution is 7.92. The number of carbonyl (C=O) groups excluding carboxylic acids is 1. The number of halogens is 1. The molecule has 0 fully saturated rings. The maximum atomic E-state index is 13.5. The summed E-state index contributed by atoms with van der Waals surface area (Å²) in [5, 5.41) is 0. The number of carbonyl (C=O) groups is 1. The molecule has 0 aliphatic rings. The van der Waals surface area contributed by atoms with E-state index < -0.39 is 16.0 Å². The minimum Gasteiger partial charge on any atom is -0.459 e. The standard InChI is InChI=1S/C23H20FN3O4S/c1-14(2)31-23(28)15-6-8-18(9-7-15)27-32(29,30)19-10-11-20-21(13-19)26-22(25-20)16-4-3-5-17(24)12-16/h3-14,27H,1-2H3,(H,25,26). The number of imidazole rings is 1. The molecule has 0 aliphatic heterocycles. The Morgan fingerprint density at radius 3 is 2.50 bits per heavy atom. The van der Waals surface area contributed by atoms with Crippen LogP contribution in [0.2, 0.25) is 0 Å². The first-order valence-corrected chi connectivity index (χ1v) is 11.3. The SMILES string of the molecule is CC(C)OC(=O)c1ccc(NS(=O)(=O)c2ccc3nc(-c4cccc(F)c4)[nH]c3c2)cc1. The molecule has 7 nitrogen and oxygen atoms in total. The number of nitrogens with zero attached hydrogens (tertiary/aromatic N) is 1. The van der Waals surface area contributed by atoms with Crippen LogP contribution in [0.3, 0.4) is 0 Å². The minimum atomic E-state index is -3.89. The van der Waals surface area contributed by atoms with Crippen LogP contribution in [0.15, 0.2) is 71.6 Å². The average Bonchev–Trinajstić information content (AvgIpc) is 3.17. The lowest BCUT2D eigenvalue weighted by atomic mass is 10.2. The molecule has 0 saturated heterocycles. The number of ether oxygens (including phenoxy) is 1. The van der Waals surface area contributed by atoms with Crippen molar-refractivity contribution in [2.75, 3.05) is 4.72 Å². The number of esters is 1. The molecule has 0 spiro atoms. The molecule has 0 saturated carbocycles. The van der Waals surface area contributed by atoms with Gasteiger partial charge >= 0.3 is 5.97 Å². The zero-order chi connectivity index (χ0) is 22.9. The second kappa shape index (κ2) is 8.43. The third-order valence-corrected chi connectivity index (χ3v) is 5.96. The van der Waals surface area contributed by atoms with Crippen molar-refractivity contribution in [3.63, 3.8) is 0 Å². The van der Waals surface area contributed by atoms with Gasteiger partial charge in [0.05, 0.1) is 27.6 Å². The summed E-state index contributed by atoms with van der Waals surface area (Å²) in [6.45, 7) is 3.50. The summed E-state index contributed by atoms with van der Waals surface area (Å²) in [7, 11) is -3.89. The maximum absolute atomic E-state index is 13.5. The minimum absolute atomic E-state index is 0.0303. The number of fused-ring (bicyclic) bond motifs is 1. The number of aromatic nitrogens is 2. The van der Waals surface area contributed by atoms with Gasteiger partial charge in [0.2, 0.25) is 0 Å². The molecule has 9 heteroatoms. The molecular formula is C23H20FN3O4S. The van der Waals surface area contributed by atoms with E-state index in [4.69, 9.17) is 4.74 Å².